The van der Waals surface area contributed by atoms with Crippen molar-refractivity contribution < 1.29 is 28.6 Å². The predicted octanol–water partition coefficient (Wildman–Crippen LogP) is 19.9. The first-order valence-electron chi connectivity index (χ1n) is 30.0. The monoisotopic (exact) mass is 933 g/mol. The molecule has 0 aliphatic heterocycles. The number of hydrogen-bond donors (Lipinski definition) is 0. The molecule has 0 aliphatic rings. The lowest BCUT2D eigenvalue weighted by Gasteiger charge is -2.18. The van der Waals surface area contributed by atoms with Crippen molar-refractivity contribution in [3.63, 3.8) is 0 Å². The van der Waals surface area contributed by atoms with Crippen LogP contribution in [0.25, 0.3) is 0 Å². The predicted molar refractivity (Wildman–Crippen MR) is 284 cm³/mol. The number of ether oxygens (including phenoxy) is 3. The Balaban J connectivity index is 4.28. The Morgan fingerprint density at radius 1 is 0.242 bits per heavy atom. The molecule has 0 aromatic carbocycles. The van der Waals surface area contributed by atoms with E-state index < -0.39 is 6.10 Å². The highest BCUT2D eigenvalue weighted by molar-refractivity contribution is 5.71. The van der Waals surface area contributed by atoms with Crippen LogP contribution < -0.4 is 0 Å². The Morgan fingerprint density at radius 3 is 0.606 bits per heavy atom. The maximum Gasteiger partial charge on any atom is 0.306 e. The molecule has 0 saturated heterocycles. The maximum atomic E-state index is 12.9. The normalized spacial score (nSPS) is 11.9. The molecule has 0 aromatic heterocycles. The van der Waals surface area contributed by atoms with Crippen molar-refractivity contribution >= 4 is 17.9 Å². The molecule has 0 radical (unpaired) electrons. The lowest BCUT2D eigenvalue weighted by Crippen LogP contribution is -2.30. The van der Waals surface area contributed by atoms with E-state index in [9.17, 15) is 14.4 Å². The van der Waals surface area contributed by atoms with E-state index in [1.54, 1.807) is 0 Å². The molecule has 0 rings (SSSR count). The molecular weight excluding hydrogens is 817 g/mol. The number of carbonyl (C=O) groups excluding carboxylic acids is 3. The number of esters is 3. The fraction of sp³-hybridized carbons (Fsp3) is 0.950. The fourth-order valence-electron chi connectivity index (χ4n) is 9.33. The zero-order valence-electron chi connectivity index (χ0n) is 45.0. The third-order valence-corrected chi connectivity index (χ3v) is 13.9. The third kappa shape index (κ3) is 53.4. The van der Waals surface area contributed by atoms with Crippen LogP contribution in [0.15, 0.2) is 0 Å². The van der Waals surface area contributed by atoms with Crippen LogP contribution >= 0.6 is 0 Å². The topological polar surface area (TPSA) is 78.9 Å². The van der Waals surface area contributed by atoms with Crippen molar-refractivity contribution in [1.82, 2.24) is 0 Å². The summed E-state index contributed by atoms with van der Waals surface area (Å²) >= 11 is 0. The van der Waals surface area contributed by atoms with Crippen LogP contribution in [0.5, 0.6) is 0 Å². The SMILES string of the molecule is CCCCCCCCCCCCCCCCCCCCCC(=O)O[C@H](COC(=O)CCCCCCCCCCCCCCCC)COC(=O)CCCCCCCCCCCCCCCCC. The summed E-state index contributed by atoms with van der Waals surface area (Å²) in [5.74, 6) is -0.829. The van der Waals surface area contributed by atoms with E-state index in [0.29, 0.717) is 19.3 Å². The molecule has 0 spiro atoms. The lowest BCUT2D eigenvalue weighted by molar-refractivity contribution is -0.167. The van der Waals surface area contributed by atoms with Crippen molar-refractivity contribution in [3.8, 4) is 0 Å². The molecular formula is C60H116O6. The Hall–Kier alpha value is -1.59. The van der Waals surface area contributed by atoms with Gasteiger partial charge in [0.05, 0.1) is 0 Å². The molecule has 6 heteroatoms. The van der Waals surface area contributed by atoms with Crippen molar-refractivity contribution in [2.45, 2.75) is 354 Å². The van der Waals surface area contributed by atoms with Crippen molar-refractivity contribution in [2.24, 2.45) is 0 Å². The molecule has 0 bridgehead atoms. The van der Waals surface area contributed by atoms with E-state index in [1.165, 1.54) is 250 Å². The Labute approximate surface area is 412 Å². The molecule has 0 fully saturated rings. The first kappa shape index (κ1) is 64.4. The Kier molecular flexibility index (Phi) is 54.7. The fourth-order valence-corrected chi connectivity index (χ4v) is 9.33. The molecule has 0 unspecified atom stereocenters. The zero-order chi connectivity index (χ0) is 47.9. The Bertz CT molecular complexity index is 982. The molecule has 0 aromatic rings. The number of hydrogen-bond acceptors (Lipinski definition) is 6. The Morgan fingerprint density at radius 2 is 0.409 bits per heavy atom. The molecule has 392 valence electrons. The van der Waals surface area contributed by atoms with Crippen LogP contribution in [0.4, 0.5) is 0 Å². The summed E-state index contributed by atoms with van der Waals surface area (Å²) in [5, 5.41) is 0. The van der Waals surface area contributed by atoms with Crippen molar-refractivity contribution in [3.05, 3.63) is 0 Å². The van der Waals surface area contributed by atoms with Gasteiger partial charge in [0, 0.05) is 19.3 Å². The highest BCUT2D eigenvalue weighted by Gasteiger charge is 2.19. The van der Waals surface area contributed by atoms with Gasteiger partial charge in [-0.1, -0.05) is 310 Å². The van der Waals surface area contributed by atoms with Crippen LogP contribution in [0.3, 0.4) is 0 Å². The minimum absolute atomic E-state index is 0.0609. The standard InChI is InChI=1S/C60H116O6/c1-4-7-10-13-16-19-22-25-28-29-30-31-33-36-39-42-45-48-51-54-60(63)66-57(55-64-58(61)52-49-46-43-40-37-34-27-24-21-18-15-12-9-6-3)56-65-59(62)53-50-47-44-41-38-35-32-26-23-20-17-14-11-8-5-2/h57H,4-56H2,1-3H3/t57-/m1/s1. The van der Waals surface area contributed by atoms with Gasteiger partial charge in [0.2, 0.25) is 0 Å². The minimum atomic E-state index is -0.761. The van der Waals surface area contributed by atoms with Crippen LogP contribution in [0.1, 0.15) is 348 Å². The van der Waals surface area contributed by atoms with Gasteiger partial charge in [-0.25, -0.2) is 0 Å². The molecule has 0 amide bonds. The van der Waals surface area contributed by atoms with Crippen LogP contribution in [0, 0.1) is 0 Å². The summed E-state index contributed by atoms with van der Waals surface area (Å²) < 4.78 is 16.9. The summed E-state index contributed by atoms with van der Waals surface area (Å²) in [6.45, 7) is 6.72. The molecule has 0 heterocycles. The van der Waals surface area contributed by atoms with E-state index in [2.05, 4.69) is 20.8 Å². The minimum Gasteiger partial charge on any atom is -0.462 e. The quantitative estimate of drug-likeness (QED) is 0.0343. The maximum absolute atomic E-state index is 12.9. The van der Waals surface area contributed by atoms with Crippen molar-refractivity contribution in [2.75, 3.05) is 13.2 Å². The van der Waals surface area contributed by atoms with Crippen LogP contribution in [-0.4, -0.2) is 37.2 Å². The average Bonchev–Trinajstić information content (AvgIpc) is 3.31. The highest BCUT2D eigenvalue weighted by Crippen LogP contribution is 2.18. The van der Waals surface area contributed by atoms with E-state index in [4.69, 9.17) is 14.2 Å². The van der Waals surface area contributed by atoms with Crippen LogP contribution in [-0.2, 0) is 28.6 Å². The molecule has 1 atom stereocenters. The highest BCUT2D eigenvalue weighted by atomic mass is 16.6. The van der Waals surface area contributed by atoms with Gasteiger partial charge in [0.1, 0.15) is 13.2 Å². The van der Waals surface area contributed by atoms with Gasteiger partial charge in [-0.2, -0.15) is 0 Å². The number of unbranched alkanes of at least 4 members (excludes halogenated alkanes) is 45. The lowest BCUT2D eigenvalue weighted by atomic mass is 10.0. The zero-order valence-corrected chi connectivity index (χ0v) is 45.0. The summed E-state index contributed by atoms with van der Waals surface area (Å²) in [5.41, 5.74) is 0. The van der Waals surface area contributed by atoms with E-state index in [0.717, 1.165) is 57.8 Å². The second-order valence-corrected chi connectivity index (χ2v) is 20.6. The summed E-state index contributed by atoms with van der Waals surface area (Å²) in [6, 6.07) is 0. The molecule has 0 N–H and O–H groups in total. The second-order valence-electron chi connectivity index (χ2n) is 20.6. The molecule has 6 nitrogen and oxygen atoms in total. The molecule has 0 aliphatic carbocycles. The molecule has 66 heavy (non-hydrogen) atoms. The first-order valence-corrected chi connectivity index (χ1v) is 30.0. The first-order chi connectivity index (χ1) is 32.5. The van der Waals surface area contributed by atoms with Gasteiger partial charge >= 0.3 is 17.9 Å². The average molecular weight is 934 g/mol. The van der Waals surface area contributed by atoms with Gasteiger partial charge in [-0.15, -0.1) is 0 Å². The third-order valence-electron chi connectivity index (χ3n) is 13.9. The van der Waals surface area contributed by atoms with Gasteiger partial charge < -0.3 is 14.2 Å². The number of rotatable bonds is 56. The van der Waals surface area contributed by atoms with E-state index >= 15 is 0 Å². The van der Waals surface area contributed by atoms with Crippen LogP contribution in [0.2, 0.25) is 0 Å². The smallest absolute Gasteiger partial charge is 0.306 e. The second kappa shape index (κ2) is 56.0. The van der Waals surface area contributed by atoms with E-state index in [1.807, 2.05) is 0 Å². The van der Waals surface area contributed by atoms with Gasteiger partial charge in [-0.05, 0) is 19.3 Å². The van der Waals surface area contributed by atoms with Gasteiger partial charge in [-0.3, -0.25) is 14.4 Å². The van der Waals surface area contributed by atoms with Gasteiger partial charge in [0.15, 0.2) is 6.10 Å². The van der Waals surface area contributed by atoms with Gasteiger partial charge in [0.25, 0.3) is 0 Å². The summed E-state index contributed by atoms with van der Waals surface area (Å²) in [7, 11) is 0. The summed E-state index contributed by atoms with van der Waals surface area (Å²) in [6.07, 6.45) is 62.4. The van der Waals surface area contributed by atoms with Crippen molar-refractivity contribution in [1.29, 1.82) is 0 Å². The largest absolute Gasteiger partial charge is 0.462 e. The molecule has 0 saturated carbocycles. The number of carbonyl (C=O) groups is 3. The van der Waals surface area contributed by atoms with E-state index in [-0.39, 0.29) is 31.1 Å². The summed E-state index contributed by atoms with van der Waals surface area (Å²) in [4.78, 5) is 38.2.